The van der Waals surface area contributed by atoms with Crippen molar-refractivity contribution in [1.29, 1.82) is 0 Å². The lowest BCUT2D eigenvalue weighted by molar-refractivity contribution is -0.115. The SMILES string of the molecule is COc1ccc2nc(/N=C3/NC(=O)C(=Cc4ccccc4)S3)sc2c1. The van der Waals surface area contributed by atoms with E-state index in [2.05, 4.69) is 15.3 Å². The van der Waals surface area contributed by atoms with E-state index in [1.54, 1.807) is 7.11 Å². The first kappa shape index (κ1) is 15.9. The fraction of sp³-hybridized carbons (Fsp3) is 0.0556. The minimum atomic E-state index is -0.143. The van der Waals surface area contributed by atoms with E-state index in [4.69, 9.17) is 4.74 Å². The van der Waals surface area contributed by atoms with Gasteiger partial charge in [-0.15, -0.1) is 0 Å². The third-order valence-electron chi connectivity index (χ3n) is 3.53. The van der Waals surface area contributed by atoms with Gasteiger partial charge in [0.05, 0.1) is 22.2 Å². The summed E-state index contributed by atoms with van der Waals surface area (Å²) in [6.07, 6.45) is 1.85. The van der Waals surface area contributed by atoms with Crippen LogP contribution in [0.3, 0.4) is 0 Å². The maximum absolute atomic E-state index is 12.1. The van der Waals surface area contributed by atoms with Crippen LogP contribution >= 0.6 is 23.1 Å². The Labute approximate surface area is 152 Å². The Bertz CT molecular complexity index is 1010. The Balaban J connectivity index is 1.60. The summed E-state index contributed by atoms with van der Waals surface area (Å²) >= 11 is 2.78. The summed E-state index contributed by atoms with van der Waals surface area (Å²) in [6, 6.07) is 15.4. The number of benzene rings is 2. The maximum atomic E-state index is 12.1. The number of amidine groups is 1. The van der Waals surface area contributed by atoms with Gasteiger partial charge in [-0.25, -0.2) is 4.98 Å². The summed E-state index contributed by atoms with van der Waals surface area (Å²) < 4.78 is 6.22. The number of ether oxygens (including phenoxy) is 1. The number of fused-ring (bicyclic) bond motifs is 1. The molecule has 0 radical (unpaired) electrons. The molecule has 3 aromatic rings. The van der Waals surface area contributed by atoms with E-state index in [1.165, 1.54) is 23.1 Å². The molecule has 1 amide bonds. The molecule has 5 nitrogen and oxygen atoms in total. The molecule has 2 heterocycles. The molecule has 7 heteroatoms. The molecule has 1 aromatic heterocycles. The number of nitrogens with zero attached hydrogens (tertiary/aromatic N) is 2. The molecule has 124 valence electrons. The molecule has 0 unspecified atom stereocenters. The number of rotatable bonds is 3. The predicted octanol–water partition coefficient (Wildman–Crippen LogP) is 4.20. The molecule has 0 aliphatic carbocycles. The van der Waals surface area contributed by atoms with Crippen molar-refractivity contribution in [3.05, 3.63) is 59.0 Å². The topological polar surface area (TPSA) is 63.6 Å². The quantitative estimate of drug-likeness (QED) is 0.705. The molecule has 25 heavy (non-hydrogen) atoms. The largest absolute Gasteiger partial charge is 0.497 e. The number of nitrogens with one attached hydrogen (secondary N) is 1. The Morgan fingerprint density at radius 1 is 1.20 bits per heavy atom. The van der Waals surface area contributed by atoms with E-state index in [0.717, 1.165) is 21.5 Å². The molecule has 2 aromatic carbocycles. The summed E-state index contributed by atoms with van der Waals surface area (Å²) in [5, 5.41) is 3.93. The van der Waals surface area contributed by atoms with Gasteiger partial charge in [-0.05, 0) is 41.6 Å². The van der Waals surface area contributed by atoms with Gasteiger partial charge >= 0.3 is 0 Å². The van der Waals surface area contributed by atoms with Gasteiger partial charge in [0.1, 0.15) is 5.75 Å². The second-order valence-corrected chi connectivity index (χ2v) is 7.26. The molecular weight excluding hydrogens is 354 g/mol. The van der Waals surface area contributed by atoms with E-state index < -0.39 is 0 Å². The van der Waals surface area contributed by atoms with Gasteiger partial charge in [0.15, 0.2) is 5.17 Å². The second-order valence-electron chi connectivity index (χ2n) is 5.22. The summed E-state index contributed by atoms with van der Waals surface area (Å²) in [5.41, 5.74) is 1.84. The van der Waals surface area contributed by atoms with Gasteiger partial charge in [0.25, 0.3) is 5.91 Å². The van der Waals surface area contributed by atoms with Crippen molar-refractivity contribution in [2.45, 2.75) is 0 Å². The first-order chi connectivity index (χ1) is 12.2. The Hall–Kier alpha value is -2.64. The van der Waals surface area contributed by atoms with Gasteiger partial charge < -0.3 is 10.1 Å². The van der Waals surface area contributed by atoms with Crippen molar-refractivity contribution in [3.8, 4) is 5.75 Å². The summed E-state index contributed by atoms with van der Waals surface area (Å²) in [4.78, 5) is 21.7. The lowest BCUT2D eigenvalue weighted by atomic mass is 10.2. The number of thiazole rings is 1. The van der Waals surface area contributed by atoms with Gasteiger partial charge in [-0.1, -0.05) is 41.7 Å². The Morgan fingerprint density at radius 2 is 2.04 bits per heavy atom. The summed E-state index contributed by atoms with van der Waals surface area (Å²) in [5.74, 6) is 0.641. The molecule has 1 aliphatic rings. The number of hydrogen-bond acceptors (Lipinski definition) is 6. The monoisotopic (exact) mass is 367 g/mol. The zero-order valence-corrected chi connectivity index (χ0v) is 14.9. The normalized spacial score (nSPS) is 17.4. The fourth-order valence-corrected chi connectivity index (χ4v) is 4.09. The lowest BCUT2D eigenvalue weighted by Gasteiger charge is -1.96. The fourth-order valence-electron chi connectivity index (χ4n) is 2.34. The lowest BCUT2D eigenvalue weighted by Crippen LogP contribution is -2.19. The van der Waals surface area contributed by atoms with Crippen molar-refractivity contribution in [1.82, 2.24) is 10.3 Å². The van der Waals surface area contributed by atoms with Crippen LogP contribution in [0.4, 0.5) is 5.13 Å². The number of carbonyl (C=O) groups is 1. The summed E-state index contributed by atoms with van der Waals surface area (Å²) in [7, 11) is 1.63. The van der Waals surface area contributed by atoms with Crippen LogP contribution in [-0.2, 0) is 4.79 Å². The van der Waals surface area contributed by atoms with Gasteiger partial charge in [-0.3, -0.25) is 4.79 Å². The first-order valence-corrected chi connectivity index (χ1v) is 9.14. The number of amides is 1. The molecule has 1 N–H and O–H groups in total. The second kappa shape index (κ2) is 6.70. The molecule has 1 fully saturated rings. The maximum Gasteiger partial charge on any atom is 0.264 e. The highest BCUT2D eigenvalue weighted by molar-refractivity contribution is 8.18. The zero-order valence-electron chi connectivity index (χ0n) is 13.2. The molecule has 0 atom stereocenters. The van der Waals surface area contributed by atoms with Crippen LogP contribution in [0.15, 0.2) is 58.4 Å². The van der Waals surface area contributed by atoms with Crippen molar-refractivity contribution in [2.24, 2.45) is 4.99 Å². The van der Waals surface area contributed by atoms with Gasteiger partial charge in [-0.2, -0.15) is 4.99 Å². The van der Waals surface area contributed by atoms with Crippen molar-refractivity contribution >= 4 is 55.6 Å². The zero-order chi connectivity index (χ0) is 17.2. The number of carbonyl (C=O) groups excluding carboxylic acids is 1. The minimum absolute atomic E-state index is 0.143. The highest BCUT2D eigenvalue weighted by atomic mass is 32.2. The third-order valence-corrected chi connectivity index (χ3v) is 5.35. The van der Waals surface area contributed by atoms with Crippen molar-refractivity contribution in [3.63, 3.8) is 0 Å². The number of thioether (sulfide) groups is 1. The number of methoxy groups -OCH3 is 1. The van der Waals surface area contributed by atoms with Crippen LogP contribution < -0.4 is 10.1 Å². The van der Waals surface area contributed by atoms with Gasteiger partial charge in [0, 0.05) is 0 Å². The van der Waals surface area contributed by atoms with Crippen LogP contribution in [0.1, 0.15) is 5.56 Å². The van der Waals surface area contributed by atoms with Crippen LogP contribution in [0, 0.1) is 0 Å². The van der Waals surface area contributed by atoms with Crippen LogP contribution in [0.2, 0.25) is 0 Å². The Kier molecular flexibility index (Phi) is 4.25. The molecule has 4 rings (SSSR count). The molecule has 0 spiro atoms. The van der Waals surface area contributed by atoms with Crippen LogP contribution in [0.5, 0.6) is 5.75 Å². The van der Waals surface area contributed by atoms with E-state index >= 15 is 0 Å². The molecule has 0 saturated carbocycles. The van der Waals surface area contributed by atoms with E-state index in [1.807, 2.05) is 54.6 Å². The molecular formula is C18H13N3O2S2. The summed E-state index contributed by atoms with van der Waals surface area (Å²) in [6.45, 7) is 0. The molecule has 1 saturated heterocycles. The highest BCUT2D eigenvalue weighted by Gasteiger charge is 2.24. The van der Waals surface area contributed by atoms with Gasteiger partial charge in [0.2, 0.25) is 5.13 Å². The number of aromatic nitrogens is 1. The third kappa shape index (κ3) is 3.42. The first-order valence-electron chi connectivity index (χ1n) is 7.50. The molecule has 0 bridgehead atoms. The molecule has 1 aliphatic heterocycles. The average Bonchev–Trinajstić information content (AvgIpc) is 3.18. The Morgan fingerprint density at radius 3 is 2.84 bits per heavy atom. The van der Waals surface area contributed by atoms with Crippen molar-refractivity contribution < 1.29 is 9.53 Å². The smallest absolute Gasteiger partial charge is 0.264 e. The van der Waals surface area contributed by atoms with E-state index in [9.17, 15) is 4.79 Å². The minimum Gasteiger partial charge on any atom is -0.497 e. The predicted molar refractivity (Wildman–Crippen MR) is 103 cm³/mol. The van der Waals surface area contributed by atoms with E-state index in [-0.39, 0.29) is 5.91 Å². The number of hydrogen-bond donors (Lipinski definition) is 1. The standard InChI is InChI=1S/C18H13N3O2S2/c1-23-12-7-8-13-14(10-12)24-17(19-13)21-18-20-16(22)15(25-18)9-11-5-3-2-4-6-11/h2-10H,1H3,(H,19,20,21,22). The highest BCUT2D eigenvalue weighted by Crippen LogP contribution is 2.33. The van der Waals surface area contributed by atoms with Crippen LogP contribution in [0.25, 0.3) is 16.3 Å². The van der Waals surface area contributed by atoms with Crippen molar-refractivity contribution in [2.75, 3.05) is 7.11 Å². The van der Waals surface area contributed by atoms with Crippen LogP contribution in [-0.4, -0.2) is 23.2 Å². The van der Waals surface area contributed by atoms with E-state index in [0.29, 0.717) is 15.2 Å². The average molecular weight is 367 g/mol. The number of aliphatic imine (C=N–C) groups is 1.